The Bertz CT molecular complexity index is 1140. The number of benzene rings is 3. The van der Waals surface area contributed by atoms with Crippen molar-refractivity contribution < 1.29 is 9.59 Å². The number of para-hydroxylation sites is 1. The van der Waals surface area contributed by atoms with Crippen LogP contribution in [0.3, 0.4) is 0 Å². The summed E-state index contributed by atoms with van der Waals surface area (Å²) in [5.74, 6) is -0.569. The molecule has 0 radical (unpaired) electrons. The Hall–Kier alpha value is -3.66. The van der Waals surface area contributed by atoms with E-state index < -0.39 is 0 Å². The summed E-state index contributed by atoms with van der Waals surface area (Å²) in [7, 11) is 0. The van der Waals surface area contributed by atoms with Gasteiger partial charge in [0.05, 0.1) is 22.5 Å². The molecule has 2 heterocycles. The van der Waals surface area contributed by atoms with E-state index >= 15 is 0 Å². The van der Waals surface area contributed by atoms with Crippen LogP contribution in [0.15, 0.2) is 78.9 Å². The van der Waals surface area contributed by atoms with Crippen molar-refractivity contribution in [1.29, 1.82) is 0 Å². The topological polar surface area (TPSA) is 53.2 Å². The van der Waals surface area contributed by atoms with Crippen LogP contribution in [-0.2, 0) is 0 Å². The molecule has 5 rings (SSSR count). The van der Waals surface area contributed by atoms with Gasteiger partial charge in [-0.2, -0.15) is 0 Å². The van der Waals surface area contributed by atoms with Gasteiger partial charge in [-0.05, 0) is 18.2 Å². The van der Waals surface area contributed by atoms with Crippen LogP contribution >= 0.6 is 0 Å². The monoisotopic (exact) mass is 338 g/mol. The summed E-state index contributed by atoms with van der Waals surface area (Å²) in [6, 6.07) is 24.4. The minimum Gasteiger partial charge on any atom is -0.353 e. The third-order valence-corrected chi connectivity index (χ3v) is 4.76. The molecule has 0 bridgehead atoms. The molecular weight excluding hydrogens is 324 g/mol. The lowest BCUT2D eigenvalue weighted by atomic mass is 10.1. The molecule has 3 aromatic carbocycles. The number of rotatable bonds is 2. The van der Waals surface area contributed by atoms with E-state index in [4.69, 9.17) is 0 Å². The van der Waals surface area contributed by atoms with Gasteiger partial charge in [0, 0.05) is 16.5 Å². The smallest absolute Gasteiger partial charge is 0.266 e. The van der Waals surface area contributed by atoms with E-state index in [1.807, 2.05) is 54.6 Å². The van der Waals surface area contributed by atoms with Crippen molar-refractivity contribution in [2.75, 3.05) is 4.90 Å². The highest BCUT2D eigenvalue weighted by molar-refractivity contribution is 6.37. The maximum atomic E-state index is 13.0. The van der Waals surface area contributed by atoms with Crippen LogP contribution in [0.1, 0.15) is 20.7 Å². The van der Waals surface area contributed by atoms with Crippen molar-refractivity contribution in [3.63, 3.8) is 0 Å². The van der Waals surface area contributed by atoms with Gasteiger partial charge in [0.15, 0.2) is 0 Å². The Balaban J connectivity index is 1.80. The number of nitrogens with zero attached hydrogens (tertiary/aromatic N) is 1. The molecule has 2 amide bonds. The second-order valence-corrected chi connectivity index (χ2v) is 6.25. The van der Waals surface area contributed by atoms with Crippen LogP contribution in [0.5, 0.6) is 0 Å². The summed E-state index contributed by atoms with van der Waals surface area (Å²) in [5, 5.41) is 0.848. The molecule has 0 saturated heterocycles. The van der Waals surface area contributed by atoms with Crippen molar-refractivity contribution in [3.8, 4) is 11.3 Å². The number of carbonyl (C=O) groups excluding carboxylic acids is 2. The number of hydrogen-bond acceptors (Lipinski definition) is 2. The molecule has 0 spiro atoms. The highest BCUT2D eigenvalue weighted by Gasteiger charge is 2.39. The van der Waals surface area contributed by atoms with E-state index in [1.165, 1.54) is 4.90 Å². The van der Waals surface area contributed by atoms with Crippen molar-refractivity contribution in [3.05, 3.63) is 90.0 Å². The fraction of sp³-hybridized carbons (Fsp3) is 0. The van der Waals surface area contributed by atoms with Crippen LogP contribution in [-0.4, -0.2) is 16.8 Å². The second kappa shape index (κ2) is 5.43. The Morgan fingerprint density at radius 3 is 1.92 bits per heavy atom. The molecule has 4 aromatic rings. The van der Waals surface area contributed by atoms with Crippen molar-refractivity contribution in [2.24, 2.45) is 0 Å². The van der Waals surface area contributed by atoms with Crippen molar-refractivity contribution in [2.45, 2.75) is 0 Å². The summed E-state index contributed by atoms with van der Waals surface area (Å²) < 4.78 is 0. The quantitative estimate of drug-likeness (QED) is 0.542. The van der Waals surface area contributed by atoms with Gasteiger partial charge in [-0.1, -0.05) is 60.7 Å². The van der Waals surface area contributed by atoms with Crippen molar-refractivity contribution >= 4 is 28.4 Å². The first-order valence-corrected chi connectivity index (χ1v) is 8.39. The number of H-pyrrole nitrogens is 1. The number of amides is 2. The maximum Gasteiger partial charge on any atom is 0.266 e. The molecule has 1 aliphatic rings. The van der Waals surface area contributed by atoms with Gasteiger partial charge < -0.3 is 4.98 Å². The number of aromatic amines is 1. The van der Waals surface area contributed by atoms with Gasteiger partial charge in [-0.3, -0.25) is 9.59 Å². The molecule has 26 heavy (non-hydrogen) atoms. The summed E-state index contributed by atoms with van der Waals surface area (Å²) in [5.41, 5.74) is 4.08. The van der Waals surface area contributed by atoms with Gasteiger partial charge >= 0.3 is 0 Å². The van der Waals surface area contributed by atoms with Gasteiger partial charge in [0.2, 0.25) is 0 Å². The Morgan fingerprint density at radius 2 is 1.23 bits per heavy atom. The highest BCUT2D eigenvalue weighted by Crippen LogP contribution is 2.41. The number of carbonyl (C=O) groups is 2. The molecule has 0 atom stereocenters. The third-order valence-electron chi connectivity index (χ3n) is 4.76. The van der Waals surface area contributed by atoms with E-state index in [9.17, 15) is 9.59 Å². The number of anilines is 1. The van der Waals surface area contributed by atoms with Crippen LogP contribution < -0.4 is 4.90 Å². The van der Waals surface area contributed by atoms with E-state index in [1.54, 1.807) is 24.3 Å². The highest BCUT2D eigenvalue weighted by atomic mass is 16.2. The second-order valence-electron chi connectivity index (χ2n) is 6.25. The van der Waals surface area contributed by atoms with Crippen LogP contribution in [0.2, 0.25) is 0 Å². The standard InChI is InChI=1S/C22H14N2O2/c25-21-15-10-4-5-11-16(15)22(26)24(21)20-17-12-6-7-13-18(17)23-19(20)14-8-2-1-3-9-14/h1-13,23H. The number of fused-ring (bicyclic) bond motifs is 2. The molecular formula is C22H14N2O2. The van der Waals surface area contributed by atoms with E-state index in [-0.39, 0.29) is 11.8 Å². The van der Waals surface area contributed by atoms with Gasteiger partial charge in [0.1, 0.15) is 0 Å². The average Bonchev–Trinajstić information content (AvgIpc) is 3.19. The molecule has 0 fully saturated rings. The fourth-order valence-corrected chi connectivity index (χ4v) is 3.57. The molecule has 1 aliphatic heterocycles. The first-order chi connectivity index (χ1) is 12.8. The fourth-order valence-electron chi connectivity index (χ4n) is 3.57. The largest absolute Gasteiger partial charge is 0.353 e. The van der Waals surface area contributed by atoms with Gasteiger partial charge in [0.25, 0.3) is 11.8 Å². The van der Waals surface area contributed by atoms with E-state index in [2.05, 4.69) is 4.98 Å². The lowest BCUT2D eigenvalue weighted by Gasteiger charge is -2.15. The minimum absolute atomic E-state index is 0.285. The zero-order chi connectivity index (χ0) is 17.7. The Labute approximate surface area is 149 Å². The zero-order valence-electron chi connectivity index (χ0n) is 13.8. The molecule has 0 saturated carbocycles. The Kier molecular flexibility index (Phi) is 3.06. The number of hydrogen-bond donors (Lipinski definition) is 1. The number of imide groups is 1. The zero-order valence-corrected chi connectivity index (χ0v) is 13.8. The van der Waals surface area contributed by atoms with Crippen LogP contribution in [0, 0.1) is 0 Å². The normalized spacial score (nSPS) is 13.5. The maximum absolute atomic E-state index is 13.0. The average molecular weight is 338 g/mol. The lowest BCUT2D eigenvalue weighted by molar-refractivity contribution is 0.0926. The molecule has 1 N–H and O–H groups in total. The molecule has 4 nitrogen and oxygen atoms in total. The predicted octanol–water partition coefficient (Wildman–Crippen LogP) is 4.64. The Morgan fingerprint density at radius 1 is 0.654 bits per heavy atom. The molecule has 0 aliphatic carbocycles. The third kappa shape index (κ3) is 1.96. The first kappa shape index (κ1) is 14.7. The summed E-state index contributed by atoms with van der Waals surface area (Å²) in [6.07, 6.45) is 0. The van der Waals surface area contributed by atoms with Crippen molar-refractivity contribution in [1.82, 2.24) is 4.98 Å². The first-order valence-electron chi connectivity index (χ1n) is 8.39. The SMILES string of the molecule is O=C1c2ccccc2C(=O)N1c1c(-c2ccccc2)[nH]c2ccccc12. The molecule has 124 valence electrons. The van der Waals surface area contributed by atoms with Gasteiger partial charge in [-0.25, -0.2) is 4.90 Å². The minimum atomic E-state index is -0.285. The summed E-state index contributed by atoms with van der Waals surface area (Å²) in [4.78, 5) is 30.7. The molecule has 4 heteroatoms. The van der Waals surface area contributed by atoms with Gasteiger partial charge in [-0.15, -0.1) is 0 Å². The van der Waals surface area contributed by atoms with Crippen LogP contribution in [0.25, 0.3) is 22.2 Å². The number of aromatic nitrogens is 1. The van der Waals surface area contributed by atoms with Crippen LogP contribution in [0.4, 0.5) is 5.69 Å². The summed E-state index contributed by atoms with van der Waals surface area (Å²) in [6.45, 7) is 0. The predicted molar refractivity (Wildman–Crippen MR) is 101 cm³/mol. The van der Waals surface area contributed by atoms with E-state index in [0.717, 1.165) is 22.2 Å². The molecule has 0 unspecified atom stereocenters. The summed E-state index contributed by atoms with van der Waals surface area (Å²) >= 11 is 0. The lowest BCUT2D eigenvalue weighted by Crippen LogP contribution is -2.29. The van der Waals surface area contributed by atoms with E-state index in [0.29, 0.717) is 16.8 Å². The number of nitrogens with one attached hydrogen (secondary N) is 1. The molecule has 1 aromatic heterocycles.